The molecule has 3 rings (SSSR count). The molecule has 9 heteroatoms. The summed E-state index contributed by atoms with van der Waals surface area (Å²) < 4.78 is 20.8. The summed E-state index contributed by atoms with van der Waals surface area (Å²) in [6, 6.07) is 5.75. The van der Waals surface area contributed by atoms with Crippen molar-refractivity contribution in [1.29, 1.82) is 0 Å². The summed E-state index contributed by atoms with van der Waals surface area (Å²) in [4.78, 5) is 24.7. The van der Waals surface area contributed by atoms with Gasteiger partial charge in [0.15, 0.2) is 5.82 Å². The summed E-state index contributed by atoms with van der Waals surface area (Å²) >= 11 is 0. The van der Waals surface area contributed by atoms with E-state index in [1.165, 1.54) is 29.1 Å². The zero-order chi connectivity index (χ0) is 17.8. The first-order valence-electron chi connectivity index (χ1n) is 7.72. The molecule has 8 nitrogen and oxygen atoms in total. The molecule has 25 heavy (non-hydrogen) atoms. The molecule has 0 radical (unpaired) electrons. The number of ether oxygens (including phenoxy) is 1. The lowest BCUT2D eigenvalue weighted by atomic mass is 10.1. The molecule has 0 saturated carbocycles. The first kappa shape index (κ1) is 16.9. The number of nitrogens with zero attached hydrogens (tertiary/aromatic N) is 3. The van der Waals surface area contributed by atoms with Gasteiger partial charge in [0.25, 0.3) is 5.91 Å². The molecule has 0 aliphatic carbocycles. The van der Waals surface area contributed by atoms with E-state index in [4.69, 9.17) is 9.84 Å². The molecular formula is C16H17FN4O4. The number of carbonyl (C=O) groups excluding carboxylic acids is 1. The number of benzene rings is 1. The Labute approximate surface area is 142 Å². The molecule has 1 fully saturated rings. The van der Waals surface area contributed by atoms with Gasteiger partial charge in [-0.15, -0.1) is 0 Å². The van der Waals surface area contributed by atoms with Crippen LogP contribution in [0.15, 0.2) is 30.5 Å². The van der Waals surface area contributed by atoms with Gasteiger partial charge < -0.3 is 20.1 Å². The highest BCUT2D eigenvalue weighted by atomic mass is 19.1. The quantitative estimate of drug-likeness (QED) is 0.843. The van der Waals surface area contributed by atoms with Crippen LogP contribution in [0.3, 0.4) is 0 Å². The van der Waals surface area contributed by atoms with E-state index in [0.717, 1.165) is 0 Å². The number of hydrogen-bond donors (Lipinski definition) is 2. The Bertz CT molecular complexity index is 786. The third-order valence-electron chi connectivity index (χ3n) is 3.74. The zero-order valence-electron chi connectivity index (χ0n) is 13.3. The Morgan fingerprint density at radius 1 is 1.28 bits per heavy atom. The normalized spacial score (nSPS) is 14.4. The van der Waals surface area contributed by atoms with Crippen LogP contribution in [0.5, 0.6) is 0 Å². The number of amides is 1. The van der Waals surface area contributed by atoms with Crippen LogP contribution in [-0.4, -0.2) is 53.1 Å². The number of morpholine rings is 1. The minimum absolute atomic E-state index is 0.155. The largest absolute Gasteiger partial charge is 0.480 e. The second-order valence-electron chi connectivity index (χ2n) is 5.51. The summed E-state index contributed by atoms with van der Waals surface area (Å²) in [6.45, 7) is 1.98. The van der Waals surface area contributed by atoms with Crippen molar-refractivity contribution in [2.75, 3.05) is 36.5 Å². The van der Waals surface area contributed by atoms with Crippen molar-refractivity contribution in [3.8, 4) is 0 Å². The molecule has 0 atom stereocenters. The lowest BCUT2D eigenvalue weighted by Gasteiger charge is -2.29. The number of anilines is 2. The number of aliphatic carboxylic acids is 1. The summed E-state index contributed by atoms with van der Waals surface area (Å²) in [5.74, 6) is -1.84. The van der Waals surface area contributed by atoms with Crippen molar-refractivity contribution in [2.24, 2.45) is 0 Å². The molecule has 0 bridgehead atoms. The van der Waals surface area contributed by atoms with E-state index < -0.39 is 17.7 Å². The molecule has 2 N–H and O–H groups in total. The standard InChI is InChI=1S/C16H17FN4O4/c17-12-9-11(1-2-13(12)20-5-7-25-8-6-20)16(24)18-14-3-4-21(19-14)10-15(22)23/h1-4,9H,5-8,10H2,(H,22,23)(H,18,19,24). The number of nitrogens with one attached hydrogen (secondary N) is 1. The zero-order valence-corrected chi connectivity index (χ0v) is 13.3. The van der Waals surface area contributed by atoms with Crippen LogP contribution in [0.25, 0.3) is 0 Å². The van der Waals surface area contributed by atoms with E-state index in [0.29, 0.717) is 32.0 Å². The average molecular weight is 348 g/mol. The van der Waals surface area contributed by atoms with Gasteiger partial charge in [0.2, 0.25) is 0 Å². The predicted octanol–water partition coefficient (Wildman–Crippen LogP) is 1.20. The lowest BCUT2D eigenvalue weighted by Crippen LogP contribution is -2.36. The number of halogens is 1. The van der Waals surface area contributed by atoms with E-state index >= 15 is 0 Å². The number of carboxylic acid groups (broad SMARTS) is 1. The van der Waals surface area contributed by atoms with Gasteiger partial charge in [-0.1, -0.05) is 0 Å². The summed E-state index contributed by atoms with van der Waals surface area (Å²) in [6.07, 6.45) is 1.44. The molecule has 1 aromatic heterocycles. The van der Waals surface area contributed by atoms with Gasteiger partial charge in [0.1, 0.15) is 12.4 Å². The average Bonchev–Trinajstić information content (AvgIpc) is 3.01. The van der Waals surface area contributed by atoms with Gasteiger partial charge in [-0.05, 0) is 18.2 Å². The molecule has 132 valence electrons. The van der Waals surface area contributed by atoms with E-state index in [1.54, 1.807) is 6.07 Å². The SMILES string of the molecule is O=C(O)Cn1ccc(NC(=O)c2ccc(N3CCOCC3)c(F)c2)n1. The second-order valence-corrected chi connectivity index (χ2v) is 5.51. The number of hydrogen-bond acceptors (Lipinski definition) is 5. The first-order valence-corrected chi connectivity index (χ1v) is 7.72. The summed E-state index contributed by atoms with van der Waals surface area (Å²) in [5, 5.41) is 15.1. The predicted molar refractivity (Wildman–Crippen MR) is 87.2 cm³/mol. The Hall–Kier alpha value is -2.94. The first-order chi connectivity index (χ1) is 12.0. The molecule has 1 aliphatic rings. The van der Waals surface area contributed by atoms with Gasteiger partial charge in [0, 0.05) is 30.9 Å². The van der Waals surface area contributed by atoms with Crippen LogP contribution in [0.1, 0.15) is 10.4 Å². The number of rotatable bonds is 5. The van der Waals surface area contributed by atoms with E-state index in [9.17, 15) is 14.0 Å². The fourth-order valence-corrected chi connectivity index (χ4v) is 2.55. The van der Waals surface area contributed by atoms with Crippen molar-refractivity contribution in [1.82, 2.24) is 9.78 Å². The molecule has 0 unspecified atom stereocenters. The fourth-order valence-electron chi connectivity index (χ4n) is 2.55. The number of carbonyl (C=O) groups is 2. The number of carboxylic acids is 1. The van der Waals surface area contributed by atoms with Crippen LogP contribution < -0.4 is 10.2 Å². The Kier molecular flexibility index (Phi) is 4.94. The molecule has 2 heterocycles. The van der Waals surface area contributed by atoms with Gasteiger partial charge in [-0.25, -0.2) is 4.39 Å². The highest BCUT2D eigenvalue weighted by Gasteiger charge is 2.17. The Morgan fingerprint density at radius 3 is 2.72 bits per heavy atom. The minimum Gasteiger partial charge on any atom is -0.480 e. The molecular weight excluding hydrogens is 331 g/mol. The molecule has 2 aromatic rings. The minimum atomic E-state index is -1.04. The maximum absolute atomic E-state index is 14.3. The summed E-state index contributed by atoms with van der Waals surface area (Å²) in [5.41, 5.74) is 0.591. The summed E-state index contributed by atoms with van der Waals surface area (Å²) in [7, 11) is 0. The third kappa shape index (κ3) is 4.13. The van der Waals surface area contributed by atoms with Crippen LogP contribution in [-0.2, 0) is 16.1 Å². The highest BCUT2D eigenvalue weighted by molar-refractivity contribution is 6.04. The van der Waals surface area contributed by atoms with Crippen molar-refractivity contribution in [2.45, 2.75) is 6.54 Å². The Balaban J connectivity index is 1.68. The Morgan fingerprint density at radius 2 is 2.04 bits per heavy atom. The molecule has 1 aromatic carbocycles. The third-order valence-corrected chi connectivity index (χ3v) is 3.74. The van der Waals surface area contributed by atoms with Crippen molar-refractivity contribution < 1.29 is 23.8 Å². The smallest absolute Gasteiger partial charge is 0.325 e. The lowest BCUT2D eigenvalue weighted by molar-refractivity contribution is -0.137. The maximum atomic E-state index is 14.3. The maximum Gasteiger partial charge on any atom is 0.325 e. The highest BCUT2D eigenvalue weighted by Crippen LogP contribution is 2.22. The van der Waals surface area contributed by atoms with Crippen molar-refractivity contribution in [3.05, 3.63) is 41.8 Å². The van der Waals surface area contributed by atoms with Crippen molar-refractivity contribution in [3.63, 3.8) is 0 Å². The van der Waals surface area contributed by atoms with E-state index in [1.807, 2.05) is 4.90 Å². The molecule has 1 amide bonds. The van der Waals surface area contributed by atoms with Crippen molar-refractivity contribution >= 4 is 23.4 Å². The molecule has 1 aliphatic heterocycles. The monoisotopic (exact) mass is 348 g/mol. The van der Waals surface area contributed by atoms with Gasteiger partial charge in [0.05, 0.1) is 18.9 Å². The molecule has 0 spiro atoms. The van der Waals surface area contributed by atoms with Crippen LogP contribution in [0.4, 0.5) is 15.9 Å². The fraction of sp³-hybridized carbons (Fsp3) is 0.312. The van der Waals surface area contributed by atoms with Crippen LogP contribution in [0.2, 0.25) is 0 Å². The van der Waals surface area contributed by atoms with Crippen LogP contribution >= 0.6 is 0 Å². The van der Waals surface area contributed by atoms with Crippen LogP contribution in [0, 0.1) is 5.82 Å². The topological polar surface area (TPSA) is 96.7 Å². The van der Waals surface area contributed by atoms with E-state index in [-0.39, 0.29) is 17.9 Å². The van der Waals surface area contributed by atoms with E-state index in [2.05, 4.69) is 10.4 Å². The molecule has 1 saturated heterocycles. The van der Waals surface area contributed by atoms with Gasteiger partial charge in [-0.3, -0.25) is 14.3 Å². The number of aromatic nitrogens is 2. The second kappa shape index (κ2) is 7.31. The van der Waals surface area contributed by atoms with Gasteiger partial charge in [-0.2, -0.15) is 5.10 Å². The van der Waals surface area contributed by atoms with Gasteiger partial charge >= 0.3 is 5.97 Å².